The Morgan fingerprint density at radius 1 is 1.29 bits per heavy atom. The predicted molar refractivity (Wildman–Crippen MR) is 69.8 cm³/mol. The highest BCUT2D eigenvalue weighted by Crippen LogP contribution is 2.24. The average Bonchev–Trinajstić information content (AvgIpc) is 2.38. The highest BCUT2D eigenvalue weighted by atomic mass is 16.2. The zero-order chi connectivity index (χ0) is 12.3. The number of hydrogen-bond acceptors (Lipinski definition) is 2. The van der Waals surface area contributed by atoms with Crippen LogP contribution in [0.1, 0.15) is 46.0 Å². The highest BCUT2D eigenvalue weighted by molar-refractivity contribution is 5.79. The fourth-order valence-electron chi connectivity index (χ4n) is 3.18. The van der Waals surface area contributed by atoms with Crippen LogP contribution in [0.2, 0.25) is 0 Å². The van der Waals surface area contributed by atoms with Crippen LogP contribution in [0.3, 0.4) is 0 Å². The van der Waals surface area contributed by atoms with E-state index in [4.69, 9.17) is 0 Å². The molecule has 0 spiro atoms. The lowest BCUT2D eigenvalue weighted by atomic mass is 9.89. The van der Waals surface area contributed by atoms with Crippen molar-refractivity contribution in [3.63, 3.8) is 0 Å². The van der Waals surface area contributed by atoms with Crippen LogP contribution in [0, 0.1) is 11.8 Å². The molecular weight excluding hydrogens is 212 g/mol. The number of likely N-dealkylation sites (tertiary alicyclic amines) is 1. The minimum atomic E-state index is 0.282. The molecule has 17 heavy (non-hydrogen) atoms. The summed E-state index contributed by atoms with van der Waals surface area (Å²) in [4.78, 5) is 14.5. The molecule has 0 radical (unpaired) electrons. The second kappa shape index (κ2) is 5.85. The van der Waals surface area contributed by atoms with Crippen LogP contribution >= 0.6 is 0 Å². The Kier molecular flexibility index (Phi) is 4.43. The zero-order valence-electron chi connectivity index (χ0n) is 11.2. The van der Waals surface area contributed by atoms with Gasteiger partial charge in [-0.25, -0.2) is 0 Å². The largest absolute Gasteiger partial charge is 0.342 e. The van der Waals surface area contributed by atoms with E-state index in [-0.39, 0.29) is 5.92 Å². The van der Waals surface area contributed by atoms with Gasteiger partial charge in [-0.2, -0.15) is 0 Å². The first kappa shape index (κ1) is 12.9. The number of rotatable bonds is 2. The SMILES string of the molecule is CCC1CCN(C(=O)C2CCNC(C)C2)CC1. The summed E-state index contributed by atoms with van der Waals surface area (Å²) in [6.07, 6.45) is 5.74. The smallest absolute Gasteiger partial charge is 0.225 e. The molecular formula is C14H26N2O. The third-order valence-electron chi connectivity index (χ3n) is 4.48. The van der Waals surface area contributed by atoms with Crippen LogP contribution in [0.25, 0.3) is 0 Å². The molecule has 2 fully saturated rings. The molecule has 0 bridgehead atoms. The van der Waals surface area contributed by atoms with Gasteiger partial charge in [0.05, 0.1) is 0 Å². The van der Waals surface area contributed by atoms with Crippen molar-refractivity contribution < 1.29 is 4.79 Å². The minimum absolute atomic E-state index is 0.282. The van der Waals surface area contributed by atoms with E-state index >= 15 is 0 Å². The third-order valence-corrected chi connectivity index (χ3v) is 4.48. The molecule has 2 heterocycles. The summed E-state index contributed by atoms with van der Waals surface area (Å²) in [5, 5.41) is 3.42. The fraction of sp³-hybridized carbons (Fsp3) is 0.929. The van der Waals surface area contributed by atoms with Crippen LogP contribution in [0.15, 0.2) is 0 Å². The number of carbonyl (C=O) groups is 1. The van der Waals surface area contributed by atoms with Crippen LogP contribution in [-0.4, -0.2) is 36.5 Å². The van der Waals surface area contributed by atoms with E-state index in [0.29, 0.717) is 11.9 Å². The van der Waals surface area contributed by atoms with Crippen molar-refractivity contribution in [2.75, 3.05) is 19.6 Å². The summed E-state index contributed by atoms with van der Waals surface area (Å²) >= 11 is 0. The van der Waals surface area contributed by atoms with Crippen molar-refractivity contribution in [2.45, 2.75) is 52.0 Å². The number of nitrogens with zero attached hydrogens (tertiary/aromatic N) is 1. The molecule has 2 saturated heterocycles. The van der Waals surface area contributed by atoms with Gasteiger partial charge in [0.1, 0.15) is 0 Å². The topological polar surface area (TPSA) is 32.3 Å². The molecule has 0 aromatic rings. The summed E-state index contributed by atoms with van der Waals surface area (Å²) in [7, 11) is 0. The Balaban J connectivity index is 1.83. The van der Waals surface area contributed by atoms with Crippen LogP contribution in [0.5, 0.6) is 0 Å². The van der Waals surface area contributed by atoms with E-state index in [2.05, 4.69) is 24.1 Å². The van der Waals surface area contributed by atoms with E-state index < -0.39 is 0 Å². The number of piperidine rings is 2. The van der Waals surface area contributed by atoms with E-state index in [1.807, 2.05) is 0 Å². The summed E-state index contributed by atoms with van der Waals surface area (Å²) in [6, 6.07) is 0.505. The first-order valence-electron chi connectivity index (χ1n) is 7.23. The maximum absolute atomic E-state index is 12.4. The van der Waals surface area contributed by atoms with Gasteiger partial charge in [0.2, 0.25) is 5.91 Å². The molecule has 2 rings (SSSR count). The van der Waals surface area contributed by atoms with Crippen molar-refractivity contribution in [1.82, 2.24) is 10.2 Å². The number of hydrogen-bond donors (Lipinski definition) is 1. The average molecular weight is 238 g/mol. The van der Waals surface area contributed by atoms with Gasteiger partial charge in [-0.15, -0.1) is 0 Å². The maximum atomic E-state index is 12.4. The van der Waals surface area contributed by atoms with Crippen LogP contribution in [-0.2, 0) is 4.79 Å². The van der Waals surface area contributed by atoms with Gasteiger partial charge in [-0.1, -0.05) is 13.3 Å². The van der Waals surface area contributed by atoms with E-state index in [0.717, 1.165) is 38.4 Å². The van der Waals surface area contributed by atoms with Crippen LogP contribution < -0.4 is 5.32 Å². The van der Waals surface area contributed by atoms with Gasteiger partial charge in [-0.05, 0) is 45.1 Å². The maximum Gasteiger partial charge on any atom is 0.225 e. The summed E-state index contributed by atoms with van der Waals surface area (Å²) in [6.45, 7) is 7.44. The van der Waals surface area contributed by atoms with Crippen LogP contribution in [0.4, 0.5) is 0 Å². The molecule has 0 aliphatic carbocycles. The van der Waals surface area contributed by atoms with Crippen molar-refractivity contribution in [1.29, 1.82) is 0 Å². The number of carbonyl (C=O) groups excluding carboxylic acids is 1. The standard InChI is InChI=1S/C14H26N2O/c1-3-12-5-8-16(9-6-12)14(17)13-4-7-15-11(2)10-13/h11-13,15H,3-10H2,1-2H3. The molecule has 3 heteroatoms. The second-order valence-electron chi connectivity index (χ2n) is 5.75. The van der Waals surface area contributed by atoms with Gasteiger partial charge in [0, 0.05) is 25.0 Å². The molecule has 2 unspecified atom stereocenters. The highest BCUT2D eigenvalue weighted by Gasteiger charge is 2.30. The monoisotopic (exact) mass is 238 g/mol. The van der Waals surface area contributed by atoms with Crippen molar-refractivity contribution >= 4 is 5.91 Å². The first-order chi connectivity index (χ1) is 8.20. The molecule has 2 atom stereocenters. The van der Waals surface area contributed by atoms with Crippen molar-refractivity contribution in [3.05, 3.63) is 0 Å². The summed E-state index contributed by atoms with van der Waals surface area (Å²) in [5.74, 6) is 1.56. The lowest BCUT2D eigenvalue weighted by Crippen LogP contribution is -2.46. The molecule has 98 valence electrons. The number of amides is 1. The van der Waals surface area contributed by atoms with E-state index in [1.165, 1.54) is 19.3 Å². The Morgan fingerprint density at radius 3 is 2.59 bits per heavy atom. The Labute approximate surface area is 105 Å². The Morgan fingerprint density at radius 2 is 2.00 bits per heavy atom. The van der Waals surface area contributed by atoms with Gasteiger partial charge in [-0.3, -0.25) is 4.79 Å². The Bertz CT molecular complexity index is 259. The predicted octanol–water partition coefficient (Wildman–Crippen LogP) is 2.02. The van der Waals surface area contributed by atoms with E-state index in [9.17, 15) is 4.79 Å². The quantitative estimate of drug-likeness (QED) is 0.798. The fourth-order valence-corrected chi connectivity index (χ4v) is 3.18. The zero-order valence-corrected chi connectivity index (χ0v) is 11.2. The molecule has 0 saturated carbocycles. The van der Waals surface area contributed by atoms with Crippen molar-refractivity contribution in [3.8, 4) is 0 Å². The molecule has 1 amide bonds. The molecule has 1 N–H and O–H groups in total. The molecule has 2 aliphatic heterocycles. The summed E-state index contributed by atoms with van der Waals surface area (Å²) in [5.41, 5.74) is 0. The molecule has 0 aromatic carbocycles. The first-order valence-corrected chi connectivity index (χ1v) is 7.23. The lowest BCUT2D eigenvalue weighted by molar-refractivity contribution is -0.138. The number of nitrogens with one attached hydrogen (secondary N) is 1. The third kappa shape index (κ3) is 3.21. The minimum Gasteiger partial charge on any atom is -0.342 e. The molecule has 2 aliphatic rings. The lowest BCUT2D eigenvalue weighted by Gasteiger charge is -2.36. The van der Waals surface area contributed by atoms with Gasteiger partial charge in [0.15, 0.2) is 0 Å². The Hall–Kier alpha value is -0.570. The molecule has 3 nitrogen and oxygen atoms in total. The summed E-state index contributed by atoms with van der Waals surface area (Å²) < 4.78 is 0. The van der Waals surface area contributed by atoms with Gasteiger partial charge in [0.25, 0.3) is 0 Å². The normalized spacial score (nSPS) is 31.5. The molecule has 0 aromatic heterocycles. The second-order valence-corrected chi connectivity index (χ2v) is 5.75. The van der Waals surface area contributed by atoms with E-state index in [1.54, 1.807) is 0 Å². The van der Waals surface area contributed by atoms with Gasteiger partial charge < -0.3 is 10.2 Å². The van der Waals surface area contributed by atoms with Crippen molar-refractivity contribution in [2.24, 2.45) is 11.8 Å². The van der Waals surface area contributed by atoms with Gasteiger partial charge >= 0.3 is 0 Å².